The third-order valence-corrected chi connectivity index (χ3v) is 5.59. The zero-order valence-corrected chi connectivity index (χ0v) is 15.6. The molecule has 140 valence electrons. The number of carboxylic acids is 1. The maximum atomic E-state index is 13.6. The van der Waals surface area contributed by atoms with Gasteiger partial charge in [0.1, 0.15) is 11.6 Å². The van der Waals surface area contributed by atoms with Crippen molar-refractivity contribution in [2.24, 2.45) is 0 Å². The van der Waals surface area contributed by atoms with Gasteiger partial charge in [-0.05, 0) is 37.3 Å². The van der Waals surface area contributed by atoms with Gasteiger partial charge < -0.3 is 15.2 Å². The second kappa shape index (κ2) is 7.92. The number of halogens is 2. The quantitative estimate of drug-likeness (QED) is 0.731. The Balaban J connectivity index is 2.36. The van der Waals surface area contributed by atoms with Crippen molar-refractivity contribution in [1.29, 1.82) is 0 Å². The minimum Gasteiger partial charge on any atom is -0.479 e. The van der Waals surface area contributed by atoms with Gasteiger partial charge in [-0.1, -0.05) is 18.5 Å². The van der Waals surface area contributed by atoms with Crippen LogP contribution in [0, 0.1) is 5.82 Å². The van der Waals surface area contributed by atoms with E-state index >= 15 is 0 Å². The van der Waals surface area contributed by atoms with E-state index in [1.165, 1.54) is 38.1 Å². The number of carboxylic acid groups (broad SMARTS) is 1. The van der Waals surface area contributed by atoms with E-state index in [1.54, 1.807) is 0 Å². The Labute approximate surface area is 155 Å². The van der Waals surface area contributed by atoms with Crippen molar-refractivity contribution in [3.63, 3.8) is 0 Å². The Morgan fingerprint density at radius 3 is 2.54 bits per heavy atom. The van der Waals surface area contributed by atoms with Gasteiger partial charge in [0.05, 0.1) is 27.0 Å². The molecule has 2 aromatic rings. The Morgan fingerprint density at radius 2 is 1.96 bits per heavy atom. The highest BCUT2D eigenvalue weighted by molar-refractivity contribution is 7.91. The van der Waals surface area contributed by atoms with Crippen LogP contribution in [0.15, 0.2) is 41.3 Å². The summed E-state index contributed by atoms with van der Waals surface area (Å²) in [4.78, 5) is 11.0. The molecule has 2 N–H and O–H groups in total. The van der Waals surface area contributed by atoms with Crippen LogP contribution < -0.4 is 10.1 Å². The number of hydrogen-bond donors (Lipinski definition) is 2. The zero-order chi connectivity index (χ0) is 19.5. The van der Waals surface area contributed by atoms with Gasteiger partial charge in [0.25, 0.3) is 0 Å². The molecule has 0 aliphatic rings. The van der Waals surface area contributed by atoms with Crippen molar-refractivity contribution in [1.82, 2.24) is 0 Å². The van der Waals surface area contributed by atoms with Crippen molar-refractivity contribution in [2.45, 2.75) is 24.8 Å². The van der Waals surface area contributed by atoms with Gasteiger partial charge in [0.2, 0.25) is 0 Å². The van der Waals surface area contributed by atoms with E-state index in [-0.39, 0.29) is 27.1 Å². The number of anilines is 2. The van der Waals surface area contributed by atoms with Gasteiger partial charge in [0, 0.05) is 6.07 Å². The topological polar surface area (TPSA) is 92.7 Å². The van der Waals surface area contributed by atoms with E-state index in [4.69, 9.17) is 21.4 Å². The number of rotatable bonds is 7. The summed E-state index contributed by atoms with van der Waals surface area (Å²) in [5, 5.41) is 11.9. The van der Waals surface area contributed by atoms with Crippen LogP contribution in [0.4, 0.5) is 15.8 Å². The number of sulfone groups is 1. The van der Waals surface area contributed by atoms with Gasteiger partial charge in [-0.3, -0.25) is 0 Å². The fraction of sp³-hybridized carbons (Fsp3) is 0.235. The Morgan fingerprint density at radius 1 is 1.27 bits per heavy atom. The molecule has 26 heavy (non-hydrogen) atoms. The third kappa shape index (κ3) is 4.64. The molecule has 0 saturated heterocycles. The Kier molecular flexibility index (Phi) is 6.09. The molecule has 0 spiro atoms. The number of carbonyl (C=O) groups is 1. The molecule has 0 aliphatic carbocycles. The summed E-state index contributed by atoms with van der Waals surface area (Å²) in [6.07, 6.45) is -1.14. The van der Waals surface area contributed by atoms with E-state index in [0.717, 1.165) is 12.1 Å². The van der Waals surface area contributed by atoms with E-state index in [1.807, 2.05) is 0 Å². The summed E-state index contributed by atoms with van der Waals surface area (Å²) in [5.41, 5.74) is 0.478. The van der Waals surface area contributed by atoms with Crippen molar-refractivity contribution < 1.29 is 27.4 Å². The predicted octanol–water partition coefficient (Wildman–Crippen LogP) is 3.87. The normalized spacial score (nSPS) is 12.5. The molecule has 2 aromatic carbocycles. The van der Waals surface area contributed by atoms with Gasteiger partial charge in [0.15, 0.2) is 15.9 Å². The first kappa shape index (κ1) is 20.0. The maximum Gasteiger partial charge on any atom is 0.344 e. The number of hydrogen-bond acceptors (Lipinski definition) is 5. The molecule has 0 amide bonds. The summed E-state index contributed by atoms with van der Waals surface area (Å²) in [6, 6.07) is 7.67. The molecule has 9 heteroatoms. The van der Waals surface area contributed by atoms with Crippen molar-refractivity contribution in [3.05, 3.63) is 47.2 Å². The van der Waals surface area contributed by atoms with Gasteiger partial charge in [-0.2, -0.15) is 0 Å². The molecule has 1 atom stereocenters. The molecule has 0 bridgehead atoms. The summed E-state index contributed by atoms with van der Waals surface area (Å²) in [5.74, 6) is -1.69. The van der Waals surface area contributed by atoms with Crippen LogP contribution in [0.5, 0.6) is 5.75 Å². The molecule has 0 saturated carbocycles. The molecule has 2 rings (SSSR count). The molecule has 0 aliphatic heterocycles. The first-order valence-electron chi connectivity index (χ1n) is 7.62. The summed E-state index contributed by atoms with van der Waals surface area (Å²) in [7, 11) is -3.41. The standard InChI is InChI=1S/C17H17ClFNO5S/c1-3-26(23,24)12-5-6-14(13(18)9-12)20-15-8-11(19)4-7-16(15)25-10(2)17(21)22/h4-10,20H,3H2,1-2H3,(H,21,22)/t10-/m0/s1. The third-order valence-electron chi connectivity index (χ3n) is 3.54. The van der Waals surface area contributed by atoms with Crippen molar-refractivity contribution >= 4 is 38.8 Å². The molecule has 6 nitrogen and oxygen atoms in total. The fourth-order valence-electron chi connectivity index (χ4n) is 2.05. The van der Waals surface area contributed by atoms with E-state index < -0.39 is 27.7 Å². The van der Waals surface area contributed by atoms with Crippen molar-refractivity contribution in [2.75, 3.05) is 11.1 Å². The first-order chi connectivity index (χ1) is 12.1. The highest BCUT2D eigenvalue weighted by atomic mass is 35.5. The molecule has 0 fully saturated rings. The lowest BCUT2D eigenvalue weighted by Gasteiger charge is -2.17. The number of benzene rings is 2. The molecular weight excluding hydrogens is 385 g/mol. The van der Waals surface area contributed by atoms with Gasteiger partial charge >= 0.3 is 5.97 Å². The van der Waals surface area contributed by atoms with E-state index in [2.05, 4.69) is 5.32 Å². The highest BCUT2D eigenvalue weighted by Gasteiger charge is 2.17. The lowest BCUT2D eigenvalue weighted by molar-refractivity contribution is -0.144. The zero-order valence-electron chi connectivity index (χ0n) is 14.0. The van der Waals surface area contributed by atoms with Crippen molar-refractivity contribution in [3.8, 4) is 5.75 Å². The monoisotopic (exact) mass is 401 g/mol. The lowest BCUT2D eigenvalue weighted by atomic mass is 10.2. The average Bonchev–Trinajstić information content (AvgIpc) is 2.58. The predicted molar refractivity (Wildman–Crippen MR) is 96.6 cm³/mol. The molecule has 0 radical (unpaired) electrons. The highest BCUT2D eigenvalue weighted by Crippen LogP contribution is 2.33. The minimum atomic E-state index is -3.41. The van der Waals surface area contributed by atoms with Crippen LogP contribution >= 0.6 is 11.6 Å². The van der Waals surface area contributed by atoms with Crippen LogP contribution in [-0.4, -0.2) is 31.4 Å². The first-order valence-corrected chi connectivity index (χ1v) is 9.65. The van der Waals surface area contributed by atoms with Crippen LogP contribution in [0.3, 0.4) is 0 Å². The Bertz CT molecular complexity index is 933. The van der Waals surface area contributed by atoms with Gasteiger partial charge in [-0.25, -0.2) is 17.6 Å². The Hall–Kier alpha value is -2.32. The van der Waals surface area contributed by atoms with E-state index in [0.29, 0.717) is 5.69 Å². The largest absolute Gasteiger partial charge is 0.479 e. The number of ether oxygens (including phenoxy) is 1. The van der Waals surface area contributed by atoms with E-state index in [9.17, 15) is 17.6 Å². The molecular formula is C17H17ClFNO5S. The molecule has 0 heterocycles. The fourth-order valence-corrected chi connectivity index (χ4v) is 3.24. The smallest absolute Gasteiger partial charge is 0.344 e. The second-order valence-electron chi connectivity index (χ2n) is 5.41. The summed E-state index contributed by atoms with van der Waals surface area (Å²) < 4.78 is 42.7. The molecule has 0 unspecified atom stereocenters. The number of nitrogens with one attached hydrogen (secondary N) is 1. The summed E-state index contributed by atoms with van der Waals surface area (Å²) in [6.45, 7) is 2.86. The second-order valence-corrected chi connectivity index (χ2v) is 8.09. The average molecular weight is 402 g/mol. The van der Waals surface area contributed by atoms with Crippen LogP contribution in [-0.2, 0) is 14.6 Å². The summed E-state index contributed by atoms with van der Waals surface area (Å²) >= 11 is 6.14. The SMILES string of the molecule is CCS(=O)(=O)c1ccc(Nc2cc(F)ccc2O[C@@H](C)C(=O)O)c(Cl)c1. The molecule has 0 aromatic heterocycles. The van der Waals surface area contributed by atoms with Crippen LogP contribution in [0.2, 0.25) is 5.02 Å². The van der Waals surface area contributed by atoms with Crippen LogP contribution in [0.1, 0.15) is 13.8 Å². The number of aliphatic carboxylic acids is 1. The minimum absolute atomic E-state index is 0.0644. The van der Waals surface area contributed by atoms with Crippen LogP contribution in [0.25, 0.3) is 0 Å². The maximum absolute atomic E-state index is 13.6. The lowest BCUT2D eigenvalue weighted by Crippen LogP contribution is -2.23. The van der Waals surface area contributed by atoms with Gasteiger partial charge in [-0.15, -0.1) is 0 Å².